The van der Waals surface area contributed by atoms with Crippen molar-refractivity contribution in [2.45, 2.75) is 12.3 Å². The smallest absolute Gasteiger partial charge is 0.307 e. The van der Waals surface area contributed by atoms with Gasteiger partial charge < -0.3 is 10.1 Å². The van der Waals surface area contributed by atoms with Crippen LogP contribution in [0.25, 0.3) is 11.3 Å². The van der Waals surface area contributed by atoms with Crippen molar-refractivity contribution in [2.75, 3.05) is 0 Å². The van der Waals surface area contributed by atoms with Gasteiger partial charge in [-0.3, -0.25) is 4.79 Å². The molecule has 4 nitrogen and oxygen atoms in total. The Hall–Kier alpha value is -1.62. The van der Waals surface area contributed by atoms with Crippen LogP contribution < -0.4 is 0 Å². The summed E-state index contributed by atoms with van der Waals surface area (Å²) in [5.74, 6) is -0.178. The molecule has 1 heterocycles. The molecule has 1 saturated carbocycles. The van der Waals surface area contributed by atoms with E-state index in [1.807, 2.05) is 24.3 Å². The largest absolute Gasteiger partial charge is 0.481 e. The molecule has 1 aliphatic carbocycles. The van der Waals surface area contributed by atoms with E-state index in [0.29, 0.717) is 6.42 Å². The maximum atomic E-state index is 10.8. The summed E-state index contributed by atoms with van der Waals surface area (Å²) in [6.45, 7) is 0. The van der Waals surface area contributed by atoms with Gasteiger partial charge in [0.1, 0.15) is 5.82 Å². The lowest BCUT2D eigenvalue weighted by molar-refractivity contribution is -0.138. The third kappa shape index (κ3) is 2.06. The van der Waals surface area contributed by atoms with Gasteiger partial charge in [0.15, 0.2) is 0 Å². The monoisotopic (exact) mass is 306 g/mol. The minimum absolute atomic E-state index is 0.0479. The summed E-state index contributed by atoms with van der Waals surface area (Å²) in [6, 6.07) is 7.91. The highest BCUT2D eigenvalue weighted by atomic mass is 79.9. The van der Waals surface area contributed by atoms with E-state index in [1.165, 1.54) is 0 Å². The molecule has 1 aliphatic rings. The van der Waals surface area contributed by atoms with Crippen LogP contribution in [0, 0.1) is 5.92 Å². The molecule has 2 N–H and O–H groups in total. The summed E-state index contributed by atoms with van der Waals surface area (Å²) >= 11 is 3.39. The molecule has 2 atom stereocenters. The maximum absolute atomic E-state index is 10.8. The normalized spacial score (nSPS) is 21.8. The number of nitrogens with zero attached hydrogens (tertiary/aromatic N) is 1. The maximum Gasteiger partial charge on any atom is 0.307 e. The Balaban J connectivity index is 1.82. The zero-order chi connectivity index (χ0) is 12.7. The SMILES string of the molecule is O=C(O)C1CC1c1ncc(-c2ccc(Br)cc2)[nH]1. The number of imidazole rings is 1. The average Bonchev–Trinajstić information content (AvgIpc) is 3.02. The van der Waals surface area contributed by atoms with Crippen molar-refractivity contribution in [3.05, 3.63) is 40.8 Å². The molecule has 0 spiro atoms. The second-order valence-electron chi connectivity index (χ2n) is 4.48. The summed E-state index contributed by atoms with van der Waals surface area (Å²) in [5, 5.41) is 8.89. The molecule has 2 unspecified atom stereocenters. The van der Waals surface area contributed by atoms with E-state index in [0.717, 1.165) is 21.6 Å². The van der Waals surface area contributed by atoms with E-state index in [9.17, 15) is 4.79 Å². The summed E-state index contributed by atoms with van der Waals surface area (Å²) in [7, 11) is 0. The lowest BCUT2D eigenvalue weighted by atomic mass is 10.2. The topological polar surface area (TPSA) is 66.0 Å². The number of nitrogens with one attached hydrogen (secondary N) is 1. The third-order valence-corrected chi connectivity index (χ3v) is 3.74. The Bertz CT molecular complexity index is 591. The molecule has 1 fully saturated rings. The van der Waals surface area contributed by atoms with Crippen molar-refractivity contribution in [3.8, 4) is 11.3 Å². The van der Waals surface area contributed by atoms with Crippen LogP contribution in [-0.2, 0) is 4.79 Å². The molecular weight excluding hydrogens is 296 g/mol. The van der Waals surface area contributed by atoms with Gasteiger partial charge in [-0.05, 0) is 24.1 Å². The van der Waals surface area contributed by atoms with Crippen molar-refractivity contribution in [2.24, 2.45) is 5.92 Å². The zero-order valence-electron chi connectivity index (χ0n) is 9.43. The molecule has 1 aromatic carbocycles. The van der Waals surface area contributed by atoms with E-state index in [1.54, 1.807) is 6.20 Å². The Morgan fingerprint density at radius 3 is 2.72 bits per heavy atom. The Labute approximate surface area is 112 Å². The number of aliphatic carboxylic acids is 1. The highest BCUT2D eigenvalue weighted by Gasteiger charge is 2.46. The molecule has 1 aromatic heterocycles. The van der Waals surface area contributed by atoms with Crippen molar-refractivity contribution < 1.29 is 9.90 Å². The first kappa shape index (κ1) is 11.5. The predicted molar refractivity (Wildman–Crippen MR) is 70.2 cm³/mol. The van der Waals surface area contributed by atoms with Gasteiger partial charge in [-0.25, -0.2) is 4.98 Å². The minimum atomic E-state index is -0.735. The van der Waals surface area contributed by atoms with Crippen molar-refractivity contribution in [1.29, 1.82) is 0 Å². The van der Waals surface area contributed by atoms with E-state index in [-0.39, 0.29) is 11.8 Å². The third-order valence-electron chi connectivity index (χ3n) is 3.21. The summed E-state index contributed by atoms with van der Waals surface area (Å²) in [6.07, 6.45) is 2.44. The van der Waals surface area contributed by atoms with Gasteiger partial charge in [-0.15, -0.1) is 0 Å². The molecule has 0 radical (unpaired) electrons. The van der Waals surface area contributed by atoms with Gasteiger partial charge in [-0.1, -0.05) is 28.1 Å². The number of H-pyrrole nitrogens is 1. The van der Waals surface area contributed by atoms with Gasteiger partial charge in [0.25, 0.3) is 0 Å². The van der Waals surface area contributed by atoms with Gasteiger partial charge in [0.2, 0.25) is 0 Å². The van der Waals surface area contributed by atoms with E-state index < -0.39 is 5.97 Å². The van der Waals surface area contributed by atoms with Crippen LogP contribution in [0.2, 0.25) is 0 Å². The van der Waals surface area contributed by atoms with E-state index in [4.69, 9.17) is 5.11 Å². The molecule has 3 rings (SSSR count). The van der Waals surface area contributed by atoms with Crippen LogP contribution >= 0.6 is 15.9 Å². The Morgan fingerprint density at radius 2 is 2.11 bits per heavy atom. The first-order chi connectivity index (χ1) is 8.65. The number of carbonyl (C=O) groups is 1. The number of rotatable bonds is 3. The minimum Gasteiger partial charge on any atom is -0.481 e. The summed E-state index contributed by atoms with van der Waals surface area (Å²) < 4.78 is 1.03. The lowest BCUT2D eigenvalue weighted by Crippen LogP contribution is -1.99. The molecule has 2 aromatic rings. The summed E-state index contributed by atoms with van der Waals surface area (Å²) in [4.78, 5) is 18.3. The highest BCUT2D eigenvalue weighted by Crippen LogP contribution is 2.46. The van der Waals surface area contributed by atoms with E-state index >= 15 is 0 Å². The molecule has 92 valence electrons. The second kappa shape index (κ2) is 4.24. The van der Waals surface area contributed by atoms with Crippen LogP contribution in [0.3, 0.4) is 0 Å². The quantitative estimate of drug-likeness (QED) is 0.916. The molecule has 0 saturated heterocycles. The van der Waals surface area contributed by atoms with Gasteiger partial charge in [0.05, 0.1) is 17.8 Å². The number of benzene rings is 1. The van der Waals surface area contributed by atoms with Crippen LogP contribution in [-0.4, -0.2) is 21.0 Å². The van der Waals surface area contributed by atoms with Gasteiger partial charge in [0, 0.05) is 10.4 Å². The first-order valence-electron chi connectivity index (χ1n) is 5.69. The molecule has 0 amide bonds. The van der Waals surface area contributed by atoms with Crippen molar-refractivity contribution in [3.63, 3.8) is 0 Å². The van der Waals surface area contributed by atoms with Crippen molar-refractivity contribution >= 4 is 21.9 Å². The predicted octanol–water partition coefficient (Wildman–Crippen LogP) is 3.03. The average molecular weight is 307 g/mol. The number of aromatic amines is 1. The number of aromatic nitrogens is 2. The second-order valence-corrected chi connectivity index (χ2v) is 5.39. The molecule has 0 aliphatic heterocycles. The number of hydrogen-bond donors (Lipinski definition) is 2. The molecule has 18 heavy (non-hydrogen) atoms. The molecular formula is C13H11BrN2O2. The fourth-order valence-corrected chi connectivity index (χ4v) is 2.34. The van der Waals surface area contributed by atoms with Crippen LogP contribution in [0.4, 0.5) is 0 Å². The first-order valence-corrected chi connectivity index (χ1v) is 6.48. The van der Waals surface area contributed by atoms with Gasteiger partial charge >= 0.3 is 5.97 Å². The number of carboxylic acid groups (broad SMARTS) is 1. The number of halogens is 1. The Kier molecular flexibility index (Phi) is 2.70. The number of hydrogen-bond acceptors (Lipinski definition) is 2. The lowest BCUT2D eigenvalue weighted by Gasteiger charge is -1.97. The fourth-order valence-electron chi connectivity index (χ4n) is 2.07. The fraction of sp³-hybridized carbons (Fsp3) is 0.231. The van der Waals surface area contributed by atoms with E-state index in [2.05, 4.69) is 25.9 Å². The Morgan fingerprint density at radius 1 is 1.39 bits per heavy atom. The molecule has 0 bridgehead atoms. The van der Waals surface area contributed by atoms with Crippen LogP contribution in [0.5, 0.6) is 0 Å². The molecule has 5 heteroatoms. The summed E-state index contributed by atoms with van der Waals surface area (Å²) in [5.41, 5.74) is 1.97. The standard InChI is InChI=1S/C13H11BrN2O2/c14-8-3-1-7(2-4-8)11-6-15-12(16-11)9-5-10(9)13(17)18/h1-4,6,9-10H,5H2,(H,15,16)(H,17,18). The highest BCUT2D eigenvalue weighted by molar-refractivity contribution is 9.10. The van der Waals surface area contributed by atoms with Crippen LogP contribution in [0.15, 0.2) is 34.9 Å². The van der Waals surface area contributed by atoms with Gasteiger partial charge in [-0.2, -0.15) is 0 Å². The number of carboxylic acids is 1. The van der Waals surface area contributed by atoms with Crippen LogP contribution in [0.1, 0.15) is 18.2 Å². The zero-order valence-corrected chi connectivity index (χ0v) is 11.0. The van der Waals surface area contributed by atoms with Crippen molar-refractivity contribution in [1.82, 2.24) is 9.97 Å².